The van der Waals surface area contributed by atoms with E-state index in [1.807, 2.05) is 36.4 Å². The third-order valence-electron chi connectivity index (χ3n) is 3.88. The Bertz CT molecular complexity index is 844. The highest BCUT2D eigenvalue weighted by Crippen LogP contribution is 2.21. The van der Waals surface area contributed by atoms with Crippen LogP contribution in [0.1, 0.15) is 18.9 Å². The van der Waals surface area contributed by atoms with Gasteiger partial charge in [-0.2, -0.15) is 0 Å². The van der Waals surface area contributed by atoms with Crippen molar-refractivity contribution in [2.24, 2.45) is 4.99 Å². The Morgan fingerprint density at radius 3 is 2.50 bits per heavy atom. The molecule has 0 heterocycles. The van der Waals surface area contributed by atoms with Crippen molar-refractivity contribution >= 4 is 47.5 Å². The first-order valence-electron chi connectivity index (χ1n) is 9.48. The maximum absolute atomic E-state index is 12.3. The Morgan fingerprint density at radius 2 is 1.90 bits per heavy atom. The Balaban J connectivity index is 2.14. The van der Waals surface area contributed by atoms with Crippen molar-refractivity contribution in [1.82, 2.24) is 10.2 Å². The Morgan fingerprint density at radius 1 is 1.20 bits per heavy atom. The first kappa shape index (κ1) is 23.7. The van der Waals surface area contributed by atoms with Gasteiger partial charge in [0.1, 0.15) is 0 Å². The average molecular weight is 449 g/mol. The van der Waals surface area contributed by atoms with Crippen LogP contribution in [0.2, 0.25) is 5.02 Å². The third-order valence-corrected chi connectivity index (χ3v) is 5.35. The summed E-state index contributed by atoms with van der Waals surface area (Å²) in [5, 5.41) is 15.3. The number of nitrogens with zero attached hydrogens (tertiary/aromatic N) is 2. The van der Waals surface area contributed by atoms with Crippen LogP contribution < -0.4 is 10.6 Å². The average Bonchev–Trinajstić information content (AvgIpc) is 2.76. The molecule has 0 fully saturated rings. The number of nitrogens with one attached hydrogen (secondary N) is 2. The minimum absolute atomic E-state index is 0.108. The molecule has 2 rings (SSSR count). The number of rotatable bonds is 9. The molecule has 30 heavy (non-hydrogen) atoms. The van der Waals surface area contributed by atoms with E-state index in [1.54, 1.807) is 23.9 Å². The van der Waals surface area contributed by atoms with E-state index in [0.717, 1.165) is 33.2 Å². The lowest BCUT2D eigenvalue weighted by atomic mass is 10.2. The molecule has 0 aromatic heterocycles. The van der Waals surface area contributed by atoms with Crippen LogP contribution in [0.5, 0.6) is 0 Å². The van der Waals surface area contributed by atoms with Crippen molar-refractivity contribution in [2.45, 2.75) is 24.8 Å². The second kappa shape index (κ2) is 12.9. The number of aliphatic imine (C=N–C) groups is 1. The summed E-state index contributed by atoms with van der Waals surface area (Å²) in [5.41, 5.74) is 1.65. The van der Waals surface area contributed by atoms with Crippen molar-refractivity contribution < 1.29 is 14.7 Å². The molecule has 0 radical (unpaired) electrons. The summed E-state index contributed by atoms with van der Waals surface area (Å²) in [7, 11) is 0. The topological polar surface area (TPSA) is 94.0 Å². The van der Waals surface area contributed by atoms with Gasteiger partial charge in [0.05, 0.1) is 19.7 Å². The molecule has 0 aliphatic carbocycles. The minimum atomic E-state index is -0.684. The molecule has 7 nitrogen and oxygen atoms in total. The Labute approximate surface area is 185 Å². The van der Waals surface area contributed by atoms with Gasteiger partial charge in [-0.3, -0.25) is 15.0 Å². The van der Waals surface area contributed by atoms with E-state index in [0.29, 0.717) is 18.0 Å². The number of anilines is 1. The summed E-state index contributed by atoms with van der Waals surface area (Å²) in [6, 6.07) is 14.3. The predicted molar refractivity (Wildman–Crippen MR) is 122 cm³/mol. The van der Waals surface area contributed by atoms with Crippen LogP contribution in [-0.2, 0) is 11.3 Å². The van der Waals surface area contributed by atoms with Gasteiger partial charge in [0.25, 0.3) is 0 Å². The molecule has 0 aliphatic rings. The summed E-state index contributed by atoms with van der Waals surface area (Å²) in [5.74, 6) is 1.23. The van der Waals surface area contributed by atoms with Gasteiger partial charge in [-0.1, -0.05) is 30.7 Å². The molecule has 0 atom stereocenters. The zero-order valence-electron chi connectivity index (χ0n) is 16.7. The first-order chi connectivity index (χ1) is 14.5. The molecule has 3 amide bonds. The fourth-order valence-electron chi connectivity index (χ4n) is 2.34. The summed E-state index contributed by atoms with van der Waals surface area (Å²) in [6.07, 6.45) is 1.46. The van der Waals surface area contributed by atoms with Crippen LogP contribution in [0.3, 0.4) is 0 Å². The van der Waals surface area contributed by atoms with Gasteiger partial charge in [-0.25, -0.2) is 9.79 Å². The van der Waals surface area contributed by atoms with Crippen LogP contribution in [0.4, 0.5) is 10.5 Å². The van der Waals surface area contributed by atoms with E-state index in [1.165, 1.54) is 0 Å². The highest BCUT2D eigenvalue weighted by Gasteiger charge is 2.14. The lowest BCUT2D eigenvalue weighted by Crippen LogP contribution is -2.45. The molecule has 0 spiro atoms. The standard InChI is InChI=1S/C21H25ClN4O3S/c1-2-13-30-19-9-7-18(8-10-19)24-20(25-21(29)26(15-28)11-12-27)23-14-16-3-5-17(22)6-4-16/h3-10,15,27H,2,11-14H2,1H3,(H2,23,24,25,29). The molecule has 0 unspecified atom stereocenters. The van der Waals surface area contributed by atoms with Crippen LogP contribution >= 0.6 is 23.4 Å². The van der Waals surface area contributed by atoms with Crippen LogP contribution in [-0.4, -0.2) is 47.3 Å². The number of benzene rings is 2. The molecule has 0 saturated carbocycles. The number of imide groups is 1. The van der Waals surface area contributed by atoms with E-state index < -0.39 is 6.03 Å². The number of carbonyl (C=O) groups is 2. The first-order valence-corrected chi connectivity index (χ1v) is 10.8. The van der Waals surface area contributed by atoms with Crippen molar-refractivity contribution in [1.29, 1.82) is 0 Å². The second-order valence-corrected chi connectivity index (χ2v) is 7.85. The fourth-order valence-corrected chi connectivity index (χ4v) is 3.24. The number of aliphatic hydroxyl groups excluding tert-OH is 1. The Hall–Kier alpha value is -2.55. The maximum Gasteiger partial charge on any atom is 0.330 e. The molecular formula is C21H25ClN4O3S. The number of hydrogen-bond acceptors (Lipinski definition) is 5. The molecule has 2 aromatic carbocycles. The van der Waals surface area contributed by atoms with Gasteiger partial charge in [0.15, 0.2) is 0 Å². The summed E-state index contributed by atoms with van der Waals surface area (Å²) < 4.78 is 0. The molecule has 2 aromatic rings. The van der Waals surface area contributed by atoms with Gasteiger partial charge in [-0.15, -0.1) is 11.8 Å². The quantitative estimate of drug-likeness (QED) is 0.233. The lowest BCUT2D eigenvalue weighted by Gasteiger charge is -2.17. The van der Waals surface area contributed by atoms with E-state index in [2.05, 4.69) is 22.5 Å². The maximum atomic E-state index is 12.3. The summed E-state index contributed by atoms with van der Waals surface area (Å²) >= 11 is 7.68. The number of halogens is 1. The van der Waals surface area contributed by atoms with Crippen molar-refractivity contribution in [3.05, 3.63) is 59.1 Å². The van der Waals surface area contributed by atoms with Crippen LogP contribution in [0.25, 0.3) is 0 Å². The smallest absolute Gasteiger partial charge is 0.330 e. The highest BCUT2D eigenvalue weighted by molar-refractivity contribution is 7.99. The molecule has 0 saturated heterocycles. The number of amides is 3. The molecular weight excluding hydrogens is 424 g/mol. The molecule has 3 N–H and O–H groups in total. The Kier molecular flexibility index (Phi) is 10.2. The summed E-state index contributed by atoms with van der Waals surface area (Å²) in [4.78, 5) is 29.8. The van der Waals surface area contributed by atoms with E-state index in [4.69, 9.17) is 16.7 Å². The van der Waals surface area contributed by atoms with E-state index >= 15 is 0 Å². The highest BCUT2D eigenvalue weighted by atomic mass is 35.5. The van der Waals surface area contributed by atoms with Crippen molar-refractivity contribution in [3.8, 4) is 0 Å². The molecule has 0 aliphatic heterocycles. The largest absolute Gasteiger partial charge is 0.395 e. The van der Waals surface area contributed by atoms with Gasteiger partial charge >= 0.3 is 6.03 Å². The SMILES string of the molecule is CCCSc1ccc(NC(=NCc2ccc(Cl)cc2)NC(=O)N(C=O)CCO)cc1. The zero-order chi connectivity index (χ0) is 21.8. The van der Waals surface area contributed by atoms with Gasteiger partial charge in [0.2, 0.25) is 12.4 Å². The van der Waals surface area contributed by atoms with Gasteiger partial charge in [-0.05, 0) is 54.1 Å². The normalized spacial score (nSPS) is 11.1. The monoisotopic (exact) mass is 448 g/mol. The number of carbonyl (C=O) groups excluding carboxylic acids is 2. The fraction of sp³-hybridized carbons (Fsp3) is 0.286. The number of hydrogen-bond donors (Lipinski definition) is 3. The minimum Gasteiger partial charge on any atom is -0.395 e. The number of thioether (sulfide) groups is 1. The van der Waals surface area contributed by atoms with Gasteiger partial charge in [0, 0.05) is 15.6 Å². The van der Waals surface area contributed by atoms with E-state index in [9.17, 15) is 9.59 Å². The van der Waals surface area contributed by atoms with Crippen LogP contribution in [0, 0.1) is 0 Å². The van der Waals surface area contributed by atoms with Crippen molar-refractivity contribution in [2.75, 3.05) is 24.2 Å². The summed E-state index contributed by atoms with van der Waals surface area (Å²) in [6.45, 7) is 2.00. The number of aliphatic hydroxyl groups is 1. The third kappa shape index (κ3) is 8.06. The molecule has 0 bridgehead atoms. The molecule has 9 heteroatoms. The van der Waals surface area contributed by atoms with Crippen LogP contribution in [0.15, 0.2) is 58.4 Å². The van der Waals surface area contributed by atoms with E-state index in [-0.39, 0.29) is 19.1 Å². The number of urea groups is 1. The second-order valence-electron chi connectivity index (χ2n) is 6.24. The predicted octanol–water partition coefficient (Wildman–Crippen LogP) is 3.97. The zero-order valence-corrected chi connectivity index (χ0v) is 18.2. The number of guanidine groups is 1. The van der Waals surface area contributed by atoms with Gasteiger partial charge < -0.3 is 10.4 Å². The molecule has 160 valence electrons. The van der Waals surface area contributed by atoms with Crippen molar-refractivity contribution in [3.63, 3.8) is 0 Å². The lowest BCUT2D eigenvalue weighted by molar-refractivity contribution is -0.115.